The Morgan fingerprint density at radius 3 is 3.12 bits per heavy atom. The number of aliphatic hydroxyl groups excluding tert-OH is 1. The number of hydrazone groups is 1. The van der Waals surface area contributed by atoms with Gasteiger partial charge in [0.05, 0.1) is 5.71 Å². The Bertz CT molecular complexity index is 388. The van der Waals surface area contributed by atoms with Crippen molar-refractivity contribution in [2.24, 2.45) is 22.2 Å². The van der Waals surface area contributed by atoms with E-state index >= 15 is 0 Å². The zero-order chi connectivity index (χ0) is 12.5. The Morgan fingerprint density at radius 1 is 1.71 bits per heavy atom. The van der Waals surface area contributed by atoms with Gasteiger partial charge in [-0.05, 0) is 43.1 Å². The van der Waals surface area contributed by atoms with Crippen LogP contribution in [0.15, 0.2) is 16.8 Å². The van der Waals surface area contributed by atoms with Crippen molar-refractivity contribution in [3.8, 4) is 0 Å². The second-order valence-electron chi connectivity index (χ2n) is 5.13. The second kappa shape index (κ2) is 4.49. The third-order valence-corrected chi connectivity index (χ3v) is 4.18. The van der Waals surface area contributed by atoms with Gasteiger partial charge in [0.15, 0.2) is 0 Å². The largest absolute Gasteiger partial charge is 0.396 e. The van der Waals surface area contributed by atoms with Crippen molar-refractivity contribution in [1.82, 2.24) is 5.43 Å². The number of rotatable bonds is 2. The molecule has 0 aromatic carbocycles. The highest BCUT2D eigenvalue weighted by molar-refractivity contribution is 5.97. The van der Waals surface area contributed by atoms with E-state index in [2.05, 4.69) is 23.5 Å². The van der Waals surface area contributed by atoms with E-state index in [1.807, 2.05) is 0 Å². The molecule has 0 radical (unpaired) electrons. The predicted octanol–water partition coefficient (Wildman–Crippen LogP) is 0.954. The molecular formula is C12H20N4O. The van der Waals surface area contributed by atoms with Gasteiger partial charge in [-0.3, -0.25) is 5.41 Å². The predicted molar refractivity (Wildman–Crippen MR) is 67.7 cm³/mol. The summed E-state index contributed by atoms with van der Waals surface area (Å²) in [6, 6.07) is 0. The molecule has 5 nitrogen and oxygen atoms in total. The molecule has 5 N–H and O–H groups in total. The van der Waals surface area contributed by atoms with E-state index in [0.717, 1.165) is 31.4 Å². The van der Waals surface area contributed by atoms with Crippen LogP contribution in [-0.2, 0) is 0 Å². The third kappa shape index (κ3) is 2.20. The standard InChI is InChI=1S/C12H20N4O/c1-12-5-4-10(15-16-11(13)14)6-8(12)2-3-9(12)7-17/h6,9,17H,2-5,7H2,1H3,(H4,13,14,16)/b15-10+/t9-,12+/m1/s1. The average molecular weight is 236 g/mol. The number of hydrogen-bond acceptors (Lipinski definition) is 3. The Balaban J connectivity index is 2.17. The second-order valence-corrected chi connectivity index (χ2v) is 5.13. The number of nitrogens with two attached hydrogens (primary N) is 1. The Kier molecular flexibility index (Phi) is 3.19. The van der Waals surface area contributed by atoms with E-state index in [1.165, 1.54) is 5.57 Å². The summed E-state index contributed by atoms with van der Waals surface area (Å²) in [6.45, 7) is 2.51. The number of hydrogen-bond donors (Lipinski definition) is 4. The summed E-state index contributed by atoms with van der Waals surface area (Å²) in [5.41, 5.74) is 10.2. The van der Waals surface area contributed by atoms with Gasteiger partial charge < -0.3 is 10.8 Å². The number of aliphatic hydroxyl groups is 1. The smallest absolute Gasteiger partial charge is 0.206 e. The van der Waals surface area contributed by atoms with Gasteiger partial charge in [0, 0.05) is 6.61 Å². The number of fused-ring (bicyclic) bond motifs is 1. The molecule has 17 heavy (non-hydrogen) atoms. The summed E-state index contributed by atoms with van der Waals surface area (Å²) in [6.07, 6.45) is 6.10. The lowest BCUT2D eigenvalue weighted by atomic mass is 9.70. The van der Waals surface area contributed by atoms with Gasteiger partial charge in [-0.2, -0.15) is 5.10 Å². The molecule has 1 fully saturated rings. The third-order valence-electron chi connectivity index (χ3n) is 4.18. The fourth-order valence-corrected chi connectivity index (χ4v) is 2.97. The molecule has 0 spiro atoms. The zero-order valence-corrected chi connectivity index (χ0v) is 10.2. The normalized spacial score (nSPS) is 34.4. The van der Waals surface area contributed by atoms with Crippen LogP contribution in [0.5, 0.6) is 0 Å². The van der Waals surface area contributed by atoms with Crippen LogP contribution in [0.3, 0.4) is 0 Å². The molecule has 0 heterocycles. The Hall–Kier alpha value is -1.36. The topological polar surface area (TPSA) is 94.5 Å². The van der Waals surface area contributed by atoms with Gasteiger partial charge in [0.25, 0.3) is 0 Å². The fraction of sp³-hybridized carbons (Fsp3) is 0.667. The summed E-state index contributed by atoms with van der Waals surface area (Å²) in [4.78, 5) is 0. The molecule has 0 aromatic heterocycles. The first-order valence-electron chi connectivity index (χ1n) is 6.05. The van der Waals surface area contributed by atoms with E-state index in [4.69, 9.17) is 11.1 Å². The van der Waals surface area contributed by atoms with Crippen LogP contribution >= 0.6 is 0 Å². The molecule has 5 heteroatoms. The average Bonchev–Trinajstić information content (AvgIpc) is 2.62. The minimum atomic E-state index is -0.135. The number of nitrogens with zero attached hydrogens (tertiary/aromatic N) is 1. The van der Waals surface area contributed by atoms with Crippen molar-refractivity contribution < 1.29 is 5.11 Å². The first kappa shape index (κ1) is 12.1. The molecule has 1 saturated carbocycles. The first-order valence-corrected chi connectivity index (χ1v) is 6.05. The summed E-state index contributed by atoms with van der Waals surface area (Å²) >= 11 is 0. The summed E-state index contributed by atoms with van der Waals surface area (Å²) in [5, 5.41) is 20.6. The van der Waals surface area contributed by atoms with Crippen LogP contribution in [0.4, 0.5) is 0 Å². The number of nitrogens with one attached hydrogen (secondary N) is 2. The lowest BCUT2D eigenvalue weighted by molar-refractivity contribution is 0.144. The summed E-state index contributed by atoms with van der Waals surface area (Å²) in [5.74, 6) is 0.250. The molecule has 0 amide bonds. The van der Waals surface area contributed by atoms with Crippen molar-refractivity contribution in [3.05, 3.63) is 11.6 Å². The maximum absolute atomic E-state index is 9.40. The minimum absolute atomic E-state index is 0.135. The molecule has 0 aliphatic heterocycles. The maximum atomic E-state index is 9.40. The van der Waals surface area contributed by atoms with Gasteiger partial charge >= 0.3 is 0 Å². The van der Waals surface area contributed by atoms with Crippen molar-refractivity contribution in [2.45, 2.75) is 32.6 Å². The molecule has 2 atom stereocenters. The van der Waals surface area contributed by atoms with Crippen LogP contribution < -0.4 is 11.2 Å². The molecule has 2 aliphatic rings. The van der Waals surface area contributed by atoms with Crippen molar-refractivity contribution in [1.29, 1.82) is 5.41 Å². The maximum Gasteiger partial charge on any atom is 0.206 e. The first-order chi connectivity index (χ1) is 8.06. The monoisotopic (exact) mass is 236 g/mol. The lowest BCUT2D eigenvalue weighted by Gasteiger charge is -2.35. The highest BCUT2D eigenvalue weighted by Gasteiger charge is 2.43. The molecule has 0 aromatic rings. The van der Waals surface area contributed by atoms with Gasteiger partial charge in [-0.1, -0.05) is 12.5 Å². The summed E-state index contributed by atoms with van der Waals surface area (Å²) in [7, 11) is 0. The molecule has 0 bridgehead atoms. The van der Waals surface area contributed by atoms with Gasteiger partial charge in [-0.25, -0.2) is 5.43 Å². The van der Waals surface area contributed by atoms with Gasteiger partial charge in [0.1, 0.15) is 0 Å². The molecule has 0 saturated heterocycles. The zero-order valence-electron chi connectivity index (χ0n) is 10.2. The van der Waals surface area contributed by atoms with Crippen LogP contribution in [0, 0.1) is 16.7 Å². The molecule has 2 rings (SSSR count). The molecule has 94 valence electrons. The van der Waals surface area contributed by atoms with Gasteiger partial charge in [-0.15, -0.1) is 0 Å². The van der Waals surface area contributed by atoms with E-state index in [-0.39, 0.29) is 18.0 Å². The van der Waals surface area contributed by atoms with Crippen molar-refractivity contribution in [2.75, 3.05) is 6.61 Å². The number of guanidine groups is 1. The Morgan fingerprint density at radius 2 is 2.47 bits per heavy atom. The molecule has 0 unspecified atom stereocenters. The van der Waals surface area contributed by atoms with Crippen LogP contribution in [-0.4, -0.2) is 23.4 Å². The lowest BCUT2D eigenvalue weighted by Crippen LogP contribution is -2.31. The highest BCUT2D eigenvalue weighted by Crippen LogP contribution is 2.52. The van der Waals surface area contributed by atoms with E-state index in [0.29, 0.717) is 5.92 Å². The fourth-order valence-electron chi connectivity index (χ4n) is 2.97. The van der Waals surface area contributed by atoms with Crippen LogP contribution in [0.1, 0.15) is 32.6 Å². The van der Waals surface area contributed by atoms with Crippen molar-refractivity contribution in [3.63, 3.8) is 0 Å². The quantitative estimate of drug-likeness (QED) is 0.327. The van der Waals surface area contributed by atoms with Crippen molar-refractivity contribution >= 4 is 11.7 Å². The highest BCUT2D eigenvalue weighted by atomic mass is 16.3. The van der Waals surface area contributed by atoms with E-state index in [9.17, 15) is 5.11 Å². The summed E-state index contributed by atoms with van der Waals surface area (Å²) < 4.78 is 0. The van der Waals surface area contributed by atoms with E-state index in [1.54, 1.807) is 0 Å². The van der Waals surface area contributed by atoms with Crippen LogP contribution in [0.25, 0.3) is 0 Å². The van der Waals surface area contributed by atoms with Gasteiger partial charge in [0.2, 0.25) is 5.96 Å². The SMILES string of the molecule is C[C@]12CC/C(=N\NC(=N)N)C=C1CC[C@@H]2CO. The molecule has 2 aliphatic carbocycles. The number of allylic oxidation sites excluding steroid dienone is 2. The minimum Gasteiger partial charge on any atom is -0.396 e. The van der Waals surface area contributed by atoms with E-state index < -0.39 is 0 Å². The Labute approximate surface area is 101 Å². The van der Waals surface area contributed by atoms with Crippen LogP contribution in [0.2, 0.25) is 0 Å². The molecular weight excluding hydrogens is 216 g/mol.